The molecule has 0 bridgehead atoms. The first-order valence-electron chi connectivity index (χ1n) is 4.54. The second-order valence-electron chi connectivity index (χ2n) is 3.06. The molecule has 1 aromatic carbocycles. The fourth-order valence-electron chi connectivity index (χ4n) is 1.21. The monoisotopic (exact) mass is 336 g/mol. The number of aryl methyl sites for hydroxylation is 1. The summed E-state index contributed by atoms with van der Waals surface area (Å²) in [6.45, 7) is 0. The van der Waals surface area contributed by atoms with Crippen LogP contribution in [-0.2, 0) is 6.42 Å². The molecule has 0 saturated carbocycles. The minimum Gasteiger partial charge on any atom is -0.143 e. The minimum atomic E-state index is 0.561. The Balaban J connectivity index is 2.38. The maximum absolute atomic E-state index is 5.95. The fourth-order valence-corrected chi connectivity index (χ4v) is 3.10. The summed E-state index contributed by atoms with van der Waals surface area (Å²) in [5, 5.41) is 10.7. The second-order valence-corrected chi connectivity index (χ2v) is 5.79. The molecule has 0 fully saturated rings. The first-order chi connectivity index (χ1) is 7.70. The number of hydrogen-bond acceptors (Lipinski definition) is 3. The average molecular weight is 338 g/mol. The first-order valence-corrected chi connectivity index (χ1v) is 7.06. The van der Waals surface area contributed by atoms with Crippen LogP contribution in [0.5, 0.6) is 0 Å². The Labute approximate surface area is 116 Å². The summed E-state index contributed by atoms with van der Waals surface area (Å²) in [6, 6.07) is 5.60. The molecule has 0 aliphatic heterocycles. The standard InChI is InChI=1S/C10H7BrCl2N2S/c11-8-2-1-6(13)5-7(8)10-15-14-9(16-10)3-4-12/h1-2,5H,3-4H2. The molecule has 0 unspecified atom stereocenters. The van der Waals surface area contributed by atoms with Gasteiger partial charge in [0.25, 0.3) is 0 Å². The molecule has 0 atom stereocenters. The zero-order valence-corrected chi connectivity index (χ0v) is 12.0. The zero-order valence-electron chi connectivity index (χ0n) is 8.08. The summed E-state index contributed by atoms with van der Waals surface area (Å²) in [5.41, 5.74) is 0.964. The average Bonchev–Trinajstić information content (AvgIpc) is 2.71. The van der Waals surface area contributed by atoms with E-state index in [1.807, 2.05) is 18.2 Å². The summed E-state index contributed by atoms with van der Waals surface area (Å²) in [4.78, 5) is 0. The van der Waals surface area contributed by atoms with Crippen molar-refractivity contribution in [3.8, 4) is 10.6 Å². The van der Waals surface area contributed by atoms with Crippen LogP contribution in [0.1, 0.15) is 5.01 Å². The van der Waals surface area contributed by atoms with E-state index in [1.165, 1.54) is 11.3 Å². The maximum Gasteiger partial charge on any atom is 0.148 e. The molecule has 0 amide bonds. The predicted molar refractivity (Wildman–Crippen MR) is 72.5 cm³/mol. The minimum absolute atomic E-state index is 0.561. The van der Waals surface area contributed by atoms with Gasteiger partial charge in [-0.25, -0.2) is 0 Å². The fraction of sp³-hybridized carbons (Fsp3) is 0.200. The molecule has 0 aliphatic rings. The van der Waals surface area contributed by atoms with Crippen LogP contribution in [0, 0.1) is 0 Å². The van der Waals surface area contributed by atoms with Crippen molar-refractivity contribution in [2.75, 3.05) is 5.88 Å². The van der Waals surface area contributed by atoms with Gasteiger partial charge in [0, 0.05) is 27.4 Å². The third kappa shape index (κ3) is 2.74. The topological polar surface area (TPSA) is 25.8 Å². The molecular formula is C10H7BrCl2N2S. The zero-order chi connectivity index (χ0) is 11.5. The summed E-state index contributed by atoms with van der Waals surface area (Å²) >= 11 is 16.6. The molecule has 16 heavy (non-hydrogen) atoms. The SMILES string of the molecule is ClCCc1nnc(-c2cc(Cl)ccc2Br)s1. The number of hydrogen-bond donors (Lipinski definition) is 0. The molecule has 1 aromatic heterocycles. The summed E-state index contributed by atoms with van der Waals surface area (Å²) in [7, 11) is 0. The molecular weight excluding hydrogens is 331 g/mol. The van der Waals surface area contributed by atoms with Crippen LogP contribution in [0.4, 0.5) is 0 Å². The van der Waals surface area contributed by atoms with Gasteiger partial charge in [0.15, 0.2) is 0 Å². The van der Waals surface area contributed by atoms with Crippen LogP contribution in [0.15, 0.2) is 22.7 Å². The lowest BCUT2D eigenvalue weighted by Crippen LogP contribution is -1.83. The van der Waals surface area contributed by atoms with E-state index in [1.54, 1.807) is 0 Å². The quantitative estimate of drug-likeness (QED) is 0.775. The van der Waals surface area contributed by atoms with Gasteiger partial charge in [-0.05, 0) is 18.2 Å². The molecule has 6 heteroatoms. The Morgan fingerprint density at radius 1 is 1.31 bits per heavy atom. The predicted octanol–water partition coefficient (Wildman–Crippen LogP) is 4.40. The number of nitrogens with zero attached hydrogens (tertiary/aromatic N) is 2. The largest absolute Gasteiger partial charge is 0.148 e. The van der Waals surface area contributed by atoms with E-state index in [4.69, 9.17) is 23.2 Å². The highest BCUT2D eigenvalue weighted by atomic mass is 79.9. The van der Waals surface area contributed by atoms with Crippen molar-refractivity contribution < 1.29 is 0 Å². The van der Waals surface area contributed by atoms with Crippen molar-refractivity contribution in [2.24, 2.45) is 0 Å². The van der Waals surface area contributed by atoms with E-state index in [2.05, 4.69) is 26.1 Å². The Morgan fingerprint density at radius 2 is 2.12 bits per heavy atom. The van der Waals surface area contributed by atoms with E-state index in [0.717, 1.165) is 26.5 Å². The van der Waals surface area contributed by atoms with Crippen LogP contribution in [0.3, 0.4) is 0 Å². The Hall–Kier alpha value is -0.160. The van der Waals surface area contributed by atoms with Crippen LogP contribution in [-0.4, -0.2) is 16.1 Å². The van der Waals surface area contributed by atoms with Gasteiger partial charge in [-0.3, -0.25) is 0 Å². The second kappa shape index (κ2) is 5.45. The molecule has 0 spiro atoms. The third-order valence-corrected chi connectivity index (χ3v) is 4.07. The number of aromatic nitrogens is 2. The Morgan fingerprint density at radius 3 is 2.88 bits per heavy atom. The van der Waals surface area contributed by atoms with Gasteiger partial charge in [-0.15, -0.1) is 21.8 Å². The lowest BCUT2D eigenvalue weighted by molar-refractivity contribution is 0.989. The van der Waals surface area contributed by atoms with Crippen molar-refractivity contribution in [1.29, 1.82) is 0 Å². The van der Waals surface area contributed by atoms with Gasteiger partial charge < -0.3 is 0 Å². The lowest BCUT2D eigenvalue weighted by atomic mass is 10.2. The molecule has 2 nitrogen and oxygen atoms in total. The number of alkyl halides is 1. The van der Waals surface area contributed by atoms with E-state index in [9.17, 15) is 0 Å². The van der Waals surface area contributed by atoms with Crippen molar-refractivity contribution in [3.63, 3.8) is 0 Å². The molecule has 0 saturated heterocycles. The Bertz CT molecular complexity index is 501. The molecule has 0 N–H and O–H groups in total. The van der Waals surface area contributed by atoms with Crippen molar-refractivity contribution in [2.45, 2.75) is 6.42 Å². The van der Waals surface area contributed by atoms with Gasteiger partial charge in [0.05, 0.1) is 0 Å². The molecule has 84 valence electrons. The first kappa shape index (κ1) is 12.3. The molecule has 2 rings (SSSR count). The normalized spacial score (nSPS) is 10.7. The third-order valence-electron chi connectivity index (χ3n) is 1.93. The smallest absolute Gasteiger partial charge is 0.143 e. The van der Waals surface area contributed by atoms with Crippen LogP contribution >= 0.6 is 50.5 Å². The highest BCUT2D eigenvalue weighted by molar-refractivity contribution is 9.10. The summed E-state index contributed by atoms with van der Waals surface area (Å²) < 4.78 is 0.963. The van der Waals surface area contributed by atoms with Crippen LogP contribution in [0.25, 0.3) is 10.6 Å². The van der Waals surface area contributed by atoms with E-state index in [0.29, 0.717) is 10.9 Å². The highest BCUT2D eigenvalue weighted by Gasteiger charge is 2.10. The van der Waals surface area contributed by atoms with E-state index in [-0.39, 0.29) is 0 Å². The van der Waals surface area contributed by atoms with Gasteiger partial charge in [0.2, 0.25) is 0 Å². The molecule has 0 radical (unpaired) electrons. The van der Waals surface area contributed by atoms with Crippen molar-refractivity contribution in [1.82, 2.24) is 10.2 Å². The molecule has 2 aromatic rings. The highest BCUT2D eigenvalue weighted by Crippen LogP contribution is 2.32. The van der Waals surface area contributed by atoms with Gasteiger partial charge in [-0.2, -0.15) is 0 Å². The molecule has 1 heterocycles. The van der Waals surface area contributed by atoms with Crippen molar-refractivity contribution in [3.05, 3.63) is 32.7 Å². The van der Waals surface area contributed by atoms with E-state index < -0.39 is 0 Å². The number of halogens is 3. The lowest BCUT2D eigenvalue weighted by Gasteiger charge is -1.99. The molecule has 0 aliphatic carbocycles. The Kier molecular flexibility index (Phi) is 4.19. The van der Waals surface area contributed by atoms with Crippen LogP contribution in [0.2, 0.25) is 5.02 Å². The van der Waals surface area contributed by atoms with Gasteiger partial charge in [-0.1, -0.05) is 38.9 Å². The maximum atomic E-state index is 5.95. The summed E-state index contributed by atoms with van der Waals surface area (Å²) in [5.74, 6) is 0.561. The number of rotatable bonds is 3. The van der Waals surface area contributed by atoms with E-state index >= 15 is 0 Å². The van der Waals surface area contributed by atoms with Crippen LogP contribution < -0.4 is 0 Å². The van der Waals surface area contributed by atoms with Crippen molar-refractivity contribution >= 4 is 50.5 Å². The summed E-state index contributed by atoms with van der Waals surface area (Å²) in [6.07, 6.45) is 0.747. The van der Waals surface area contributed by atoms with Gasteiger partial charge >= 0.3 is 0 Å². The van der Waals surface area contributed by atoms with Gasteiger partial charge in [0.1, 0.15) is 10.0 Å². The number of benzene rings is 1.